The fourth-order valence-electron chi connectivity index (χ4n) is 4.18. The Labute approximate surface area is 159 Å². The number of aliphatic carboxylic acids is 1. The van der Waals surface area contributed by atoms with Gasteiger partial charge in [0.15, 0.2) is 17.2 Å². The summed E-state index contributed by atoms with van der Waals surface area (Å²) in [7, 11) is 0. The van der Waals surface area contributed by atoms with Crippen LogP contribution in [0.5, 0.6) is 11.5 Å². The number of anilines is 2. The molecule has 0 N–H and O–H groups in total. The standard InChI is InChI=1S/C20H16N2O6/c23-17-7-8-20(19(25)26)21(12-5-6-15-16(11-12)28-10-9-27-15)18(24)13-3-1-2-4-14(13)22(17)20/h1-6,11H,7-10H2,(H,25,26)/p-1/t20-/m0/s1. The SMILES string of the molecule is O=C1c2ccccc2N2C(=O)CC[C@]2(C(=O)[O-])N1c1ccc2c(c1)OCCO2. The van der Waals surface area contributed by atoms with Gasteiger partial charge in [-0.05, 0) is 24.3 Å². The number of para-hydroxylation sites is 1. The number of carboxylic acid groups (broad SMARTS) is 1. The third-order valence-corrected chi connectivity index (χ3v) is 5.37. The van der Waals surface area contributed by atoms with Crippen molar-refractivity contribution in [1.29, 1.82) is 0 Å². The molecule has 1 saturated heterocycles. The predicted octanol–water partition coefficient (Wildman–Crippen LogP) is 0.691. The van der Waals surface area contributed by atoms with Crippen LogP contribution in [0.4, 0.5) is 11.4 Å². The summed E-state index contributed by atoms with van der Waals surface area (Å²) in [5.41, 5.74) is -1.09. The first-order valence-electron chi connectivity index (χ1n) is 8.92. The highest BCUT2D eigenvalue weighted by molar-refractivity contribution is 6.22. The van der Waals surface area contributed by atoms with Gasteiger partial charge in [-0.15, -0.1) is 0 Å². The number of hydrogen-bond acceptors (Lipinski definition) is 6. The summed E-state index contributed by atoms with van der Waals surface area (Å²) in [6.45, 7) is 0.761. The molecule has 142 valence electrons. The van der Waals surface area contributed by atoms with E-state index in [9.17, 15) is 19.5 Å². The lowest BCUT2D eigenvalue weighted by atomic mass is 9.95. The minimum Gasteiger partial charge on any atom is -0.545 e. The highest BCUT2D eigenvalue weighted by Gasteiger charge is 2.58. The van der Waals surface area contributed by atoms with Crippen LogP contribution in [0.15, 0.2) is 42.5 Å². The predicted molar refractivity (Wildman–Crippen MR) is 95.1 cm³/mol. The van der Waals surface area contributed by atoms with Gasteiger partial charge in [0.25, 0.3) is 5.91 Å². The van der Waals surface area contributed by atoms with Crippen LogP contribution in [0, 0.1) is 0 Å². The number of rotatable bonds is 2. The second kappa shape index (κ2) is 5.72. The van der Waals surface area contributed by atoms with Crippen molar-refractivity contribution in [2.24, 2.45) is 0 Å². The largest absolute Gasteiger partial charge is 0.545 e. The van der Waals surface area contributed by atoms with Crippen molar-refractivity contribution in [3.05, 3.63) is 48.0 Å². The first-order chi connectivity index (χ1) is 13.5. The quantitative estimate of drug-likeness (QED) is 0.761. The average Bonchev–Trinajstić information content (AvgIpc) is 3.06. The van der Waals surface area contributed by atoms with E-state index >= 15 is 0 Å². The zero-order valence-electron chi connectivity index (χ0n) is 14.7. The minimum absolute atomic E-state index is 0.00333. The van der Waals surface area contributed by atoms with E-state index in [4.69, 9.17) is 9.47 Å². The lowest BCUT2D eigenvalue weighted by Gasteiger charge is -2.50. The molecule has 2 amide bonds. The number of carbonyl (C=O) groups excluding carboxylic acids is 3. The van der Waals surface area contributed by atoms with Crippen molar-refractivity contribution in [3.8, 4) is 11.5 Å². The van der Waals surface area contributed by atoms with Crippen LogP contribution in [0.25, 0.3) is 0 Å². The van der Waals surface area contributed by atoms with Gasteiger partial charge in [-0.25, -0.2) is 0 Å². The van der Waals surface area contributed by atoms with Crippen molar-refractivity contribution in [3.63, 3.8) is 0 Å². The van der Waals surface area contributed by atoms with Crippen LogP contribution in [-0.2, 0) is 9.59 Å². The third kappa shape index (κ3) is 2.02. The fourth-order valence-corrected chi connectivity index (χ4v) is 4.18. The number of carbonyl (C=O) groups is 3. The highest BCUT2D eigenvalue weighted by Crippen LogP contribution is 2.47. The summed E-state index contributed by atoms with van der Waals surface area (Å²) in [5.74, 6) is -1.45. The molecule has 1 atom stereocenters. The molecule has 0 radical (unpaired) electrons. The van der Waals surface area contributed by atoms with Gasteiger partial charge in [0.05, 0.1) is 22.9 Å². The van der Waals surface area contributed by atoms with Crippen LogP contribution in [0.2, 0.25) is 0 Å². The topological polar surface area (TPSA) is 99.2 Å². The van der Waals surface area contributed by atoms with Crippen molar-refractivity contribution in [2.75, 3.05) is 23.0 Å². The number of hydrogen-bond donors (Lipinski definition) is 0. The normalized spacial score (nSPS) is 22.7. The Bertz CT molecular complexity index is 1040. The van der Waals surface area contributed by atoms with Gasteiger partial charge >= 0.3 is 0 Å². The molecule has 0 saturated carbocycles. The number of carboxylic acids is 1. The molecule has 0 unspecified atom stereocenters. The summed E-state index contributed by atoms with van der Waals surface area (Å²) in [4.78, 5) is 40.7. The van der Waals surface area contributed by atoms with E-state index in [1.807, 2.05) is 0 Å². The first-order valence-corrected chi connectivity index (χ1v) is 8.92. The Hall–Kier alpha value is -3.55. The maximum atomic E-state index is 13.4. The molecule has 28 heavy (non-hydrogen) atoms. The van der Waals surface area contributed by atoms with Gasteiger partial charge in [-0.1, -0.05) is 12.1 Å². The molecule has 0 aliphatic carbocycles. The van der Waals surface area contributed by atoms with Gasteiger partial charge in [0.1, 0.15) is 13.2 Å². The molecule has 8 heteroatoms. The molecule has 2 aromatic rings. The van der Waals surface area contributed by atoms with Gasteiger partial charge in [-0.3, -0.25) is 19.4 Å². The average molecular weight is 379 g/mol. The van der Waals surface area contributed by atoms with E-state index < -0.39 is 17.5 Å². The maximum absolute atomic E-state index is 13.4. The number of benzene rings is 2. The lowest BCUT2D eigenvalue weighted by molar-refractivity contribution is -0.312. The number of nitrogens with zero attached hydrogens (tertiary/aromatic N) is 2. The van der Waals surface area contributed by atoms with Gasteiger partial charge in [0.2, 0.25) is 5.91 Å². The molecular weight excluding hydrogens is 364 g/mol. The van der Waals surface area contributed by atoms with E-state index in [1.54, 1.807) is 42.5 Å². The Morgan fingerprint density at radius 1 is 1.00 bits per heavy atom. The highest BCUT2D eigenvalue weighted by atomic mass is 16.6. The van der Waals surface area contributed by atoms with Crippen LogP contribution in [0.3, 0.4) is 0 Å². The zero-order chi connectivity index (χ0) is 19.5. The van der Waals surface area contributed by atoms with E-state index in [1.165, 1.54) is 4.90 Å². The zero-order valence-corrected chi connectivity index (χ0v) is 14.7. The van der Waals surface area contributed by atoms with Crippen molar-refractivity contribution >= 4 is 29.2 Å². The monoisotopic (exact) mass is 379 g/mol. The Morgan fingerprint density at radius 2 is 1.75 bits per heavy atom. The van der Waals surface area contributed by atoms with Gasteiger partial charge < -0.3 is 19.4 Å². The smallest absolute Gasteiger partial charge is 0.262 e. The Morgan fingerprint density at radius 3 is 2.54 bits per heavy atom. The van der Waals surface area contributed by atoms with E-state index in [0.717, 1.165) is 4.90 Å². The van der Waals surface area contributed by atoms with Crippen molar-refractivity contribution in [1.82, 2.24) is 0 Å². The summed E-state index contributed by atoms with van der Waals surface area (Å²) >= 11 is 0. The summed E-state index contributed by atoms with van der Waals surface area (Å²) in [6.07, 6.45) is -0.0701. The molecule has 1 fully saturated rings. The molecular formula is C20H15N2O6-. The van der Waals surface area contributed by atoms with Crippen LogP contribution in [0.1, 0.15) is 23.2 Å². The summed E-state index contributed by atoms with van der Waals surface area (Å²) in [6, 6.07) is 11.3. The summed E-state index contributed by atoms with van der Waals surface area (Å²) < 4.78 is 11.1. The molecule has 8 nitrogen and oxygen atoms in total. The lowest BCUT2D eigenvalue weighted by Crippen LogP contribution is -2.71. The van der Waals surface area contributed by atoms with Gasteiger partial charge in [0, 0.05) is 18.9 Å². The van der Waals surface area contributed by atoms with Crippen molar-refractivity contribution in [2.45, 2.75) is 18.5 Å². The molecule has 0 aromatic heterocycles. The molecule has 0 bridgehead atoms. The molecule has 2 aromatic carbocycles. The molecule has 3 heterocycles. The second-order valence-electron chi connectivity index (χ2n) is 6.82. The molecule has 5 rings (SSSR count). The number of amides is 2. The maximum Gasteiger partial charge on any atom is 0.262 e. The molecule has 3 aliphatic heterocycles. The Balaban J connectivity index is 1.75. The van der Waals surface area contributed by atoms with Crippen LogP contribution in [-0.4, -0.2) is 36.7 Å². The molecule has 3 aliphatic rings. The Kier molecular flexibility index (Phi) is 3.39. The minimum atomic E-state index is -1.92. The summed E-state index contributed by atoms with van der Waals surface area (Å²) in [5, 5.41) is 12.4. The van der Waals surface area contributed by atoms with Crippen LogP contribution >= 0.6 is 0 Å². The van der Waals surface area contributed by atoms with Crippen LogP contribution < -0.4 is 24.4 Å². The number of fused-ring (bicyclic) bond motifs is 4. The number of ether oxygens (including phenoxy) is 2. The van der Waals surface area contributed by atoms with E-state index in [2.05, 4.69) is 0 Å². The first kappa shape index (κ1) is 16.6. The second-order valence-corrected chi connectivity index (χ2v) is 6.82. The molecule has 0 spiro atoms. The third-order valence-electron chi connectivity index (χ3n) is 5.37. The fraction of sp³-hybridized carbons (Fsp3) is 0.250. The van der Waals surface area contributed by atoms with Crippen molar-refractivity contribution < 1.29 is 29.0 Å². The van der Waals surface area contributed by atoms with E-state index in [-0.39, 0.29) is 30.0 Å². The van der Waals surface area contributed by atoms with E-state index in [0.29, 0.717) is 30.4 Å². The van der Waals surface area contributed by atoms with Gasteiger partial charge in [-0.2, -0.15) is 0 Å².